The number of nitrogens with one attached hydrogen (secondary N) is 1. The van der Waals surface area contributed by atoms with Crippen molar-refractivity contribution in [3.05, 3.63) is 52.7 Å². The van der Waals surface area contributed by atoms with E-state index in [0.29, 0.717) is 0 Å². The van der Waals surface area contributed by atoms with Gasteiger partial charge >= 0.3 is 5.69 Å². The molecule has 8 nitrogen and oxygen atoms in total. The zero-order valence-corrected chi connectivity index (χ0v) is 15.1. The molecule has 9 heteroatoms. The topological polar surface area (TPSA) is 105 Å². The molecule has 1 aromatic carbocycles. The van der Waals surface area contributed by atoms with E-state index in [1.165, 1.54) is 12.1 Å². The van der Waals surface area contributed by atoms with Gasteiger partial charge in [0.25, 0.3) is 0 Å². The Morgan fingerprint density at radius 1 is 1.19 bits per heavy atom. The Bertz CT molecular complexity index is 894. The molecule has 0 radical (unpaired) electrons. The first-order chi connectivity index (χ1) is 12.4. The summed E-state index contributed by atoms with van der Waals surface area (Å²) in [5.74, 6) is 0.913. The molecular formula is C17H20N4O4S. The Morgan fingerprint density at radius 2 is 1.92 bits per heavy atom. The Labute approximate surface area is 151 Å². The van der Waals surface area contributed by atoms with Gasteiger partial charge in [0.15, 0.2) is 9.84 Å². The molecule has 0 spiro atoms. The lowest BCUT2D eigenvalue weighted by molar-refractivity contribution is -0.386. The Kier molecular flexibility index (Phi) is 5.08. The van der Waals surface area contributed by atoms with Gasteiger partial charge in [-0.05, 0) is 37.1 Å². The van der Waals surface area contributed by atoms with Crippen molar-refractivity contribution >= 4 is 27.0 Å². The lowest BCUT2D eigenvalue weighted by Gasteiger charge is -2.33. The molecule has 3 rings (SSSR count). The van der Waals surface area contributed by atoms with Crippen molar-refractivity contribution in [1.29, 1.82) is 0 Å². The molecule has 0 aliphatic carbocycles. The van der Waals surface area contributed by atoms with Crippen LogP contribution in [0.2, 0.25) is 0 Å². The summed E-state index contributed by atoms with van der Waals surface area (Å²) in [7, 11) is -3.68. The highest BCUT2D eigenvalue weighted by Gasteiger charge is 2.28. The number of aromatic nitrogens is 1. The molecule has 0 saturated carbocycles. The van der Waals surface area contributed by atoms with Crippen LogP contribution in [-0.4, -0.2) is 43.7 Å². The minimum absolute atomic E-state index is 0.0310. The summed E-state index contributed by atoms with van der Waals surface area (Å²) in [6.45, 7) is 1.54. The molecule has 1 aliphatic heterocycles. The molecule has 1 aromatic heterocycles. The van der Waals surface area contributed by atoms with Gasteiger partial charge in [-0.3, -0.25) is 10.1 Å². The average molecular weight is 376 g/mol. The first-order valence-corrected chi connectivity index (χ1v) is 10.2. The number of nitrogens with zero attached hydrogens (tertiary/aromatic N) is 3. The molecule has 1 fully saturated rings. The van der Waals surface area contributed by atoms with Crippen LogP contribution >= 0.6 is 0 Å². The fourth-order valence-corrected chi connectivity index (χ4v) is 4.00. The summed E-state index contributed by atoms with van der Waals surface area (Å²) in [5.41, 5.74) is -0.142. The summed E-state index contributed by atoms with van der Waals surface area (Å²) in [5, 5.41) is 14.6. The third kappa shape index (κ3) is 3.93. The van der Waals surface area contributed by atoms with Gasteiger partial charge in [-0.25, -0.2) is 13.4 Å². The van der Waals surface area contributed by atoms with E-state index in [0.717, 1.165) is 38.0 Å². The maximum Gasteiger partial charge on any atom is 0.310 e. The van der Waals surface area contributed by atoms with Crippen LogP contribution in [0.5, 0.6) is 0 Å². The van der Waals surface area contributed by atoms with Crippen molar-refractivity contribution in [2.75, 3.05) is 29.6 Å². The van der Waals surface area contributed by atoms with E-state index in [4.69, 9.17) is 0 Å². The predicted octanol–water partition coefficient (Wildman–Crippen LogP) is 2.47. The van der Waals surface area contributed by atoms with Crippen LogP contribution in [0.4, 0.5) is 17.2 Å². The fourth-order valence-electron chi connectivity index (χ4n) is 3.14. The number of sulfone groups is 1. The average Bonchev–Trinajstić information content (AvgIpc) is 2.62. The lowest BCUT2D eigenvalue weighted by atomic mass is 10.0. The van der Waals surface area contributed by atoms with Crippen LogP contribution in [0.3, 0.4) is 0 Å². The van der Waals surface area contributed by atoms with E-state index in [1.54, 1.807) is 12.3 Å². The standard InChI is InChI=1S/C17H20N4O4S/c1-26(24,25)15-6-4-5-14(17(15)21(22)23)19-13-8-11-20(12-9-13)16-7-2-3-10-18-16/h2-7,10,13,19H,8-9,11-12H2,1H3. The minimum atomic E-state index is -3.68. The largest absolute Gasteiger partial charge is 0.377 e. The highest BCUT2D eigenvalue weighted by atomic mass is 32.2. The maximum atomic E-state index is 11.9. The van der Waals surface area contributed by atoms with Gasteiger partial charge in [0.2, 0.25) is 0 Å². The van der Waals surface area contributed by atoms with Crippen LogP contribution in [-0.2, 0) is 9.84 Å². The molecule has 0 amide bonds. The molecule has 2 aromatic rings. The number of hydrogen-bond acceptors (Lipinski definition) is 7. The lowest BCUT2D eigenvalue weighted by Crippen LogP contribution is -2.39. The predicted molar refractivity (Wildman–Crippen MR) is 99.3 cm³/mol. The number of anilines is 2. The molecule has 1 saturated heterocycles. The van der Waals surface area contributed by atoms with Crippen molar-refractivity contribution in [1.82, 2.24) is 4.98 Å². The van der Waals surface area contributed by atoms with Crippen LogP contribution in [0.25, 0.3) is 0 Å². The van der Waals surface area contributed by atoms with Gasteiger partial charge in [-0.2, -0.15) is 0 Å². The first-order valence-electron chi connectivity index (χ1n) is 8.26. The summed E-state index contributed by atoms with van der Waals surface area (Å²) in [6, 6.07) is 10.1. The number of rotatable bonds is 5. The van der Waals surface area contributed by atoms with E-state index < -0.39 is 14.8 Å². The van der Waals surface area contributed by atoms with Crippen molar-refractivity contribution in [3.63, 3.8) is 0 Å². The molecule has 1 N–H and O–H groups in total. The van der Waals surface area contributed by atoms with E-state index >= 15 is 0 Å². The normalized spacial score (nSPS) is 15.7. The zero-order chi connectivity index (χ0) is 18.7. The van der Waals surface area contributed by atoms with Crippen molar-refractivity contribution in [2.45, 2.75) is 23.8 Å². The quantitative estimate of drug-likeness (QED) is 0.631. The van der Waals surface area contributed by atoms with E-state index in [9.17, 15) is 18.5 Å². The van der Waals surface area contributed by atoms with Crippen LogP contribution < -0.4 is 10.2 Å². The Morgan fingerprint density at radius 3 is 2.50 bits per heavy atom. The van der Waals surface area contributed by atoms with E-state index in [-0.39, 0.29) is 22.3 Å². The maximum absolute atomic E-state index is 11.9. The number of nitro benzene ring substituents is 1. The fraction of sp³-hybridized carbons (Fsp3) is 0.353. The van der Waals surface area contributed by atoms with Gasteiger partial charge in [0.05, 0.1) is 4.92 Å². The van der Waals surface area contributed by atoms with Crippen LogP contribution in [0.1, 0.15) is 12.8 Å². The second-order valence-corrected chi connectivity index (χ2v) is 8.26. The summed E-state index contributed by atoms with van der Waals surface area (Å²) in [4.78, 5) is 17.1. The molecule has 1 aliphatic rings. The highest BCUT2D eigenvalue weighted by molar-refractivity contribution is 7.90. The molecule has 0 atom stereocenters. The smallest absolute Gasteiger partial charge is 0.310 e. The zero-order valence-electron chi connectivity index (χ0n) is 14.3. The minimum Gasteiger partial charge on any atom is -0.377 e. The van der Waals surface area contributed by atoms with Crippen molar-refractivity contribution in [3.8, 4) is 0 Å². The number of nitro groups is 1. The molecule has 0 unspecified atom stereocenters. The monoisotopic (exact) mass is 376 g/mol. The summed E-state index contributed by atoms with van der Waals surface area (Å²) < 4.78 is 23.7. The number of para-hydroxylation sites is 1. The van der Waals surface area contributed by atoms with Gasteiger partial charge in [0, 0.05) is 31.6 Å². The molecule has 26 heavy (non-hydrogen) atoms. The van der Waals surface area contributed by atoms with Gasteiger partial charge in [-0.15, -0.1) is 0 Å². The van der Waals surface area contributed by atoms with Crippen LogP contribution in [0.15, 0.2) is 47.5 Å². The summed E-state index contributed by atoms with van der Waals surface area (Å²) in [6.07, 6.45) is 4.28. The summed E-state index contributed by atoms with van der Waals surface area (Å²) >= 11 is 0. The molecule has 138 valence electrons. The number of pyridine rings is 1. The van der Waals surface area contributed by atoms with Crippen molar-refractivity contribution in [2.24, 2.45) is 0 Å². The third-order valence-corrected chi connectivity index (χ3v) is 5.54. The second-order valence-electron chi connectivity index (χ2n) is 6.28. The van der Waals surface area contributed by atoms with E-state index in [2.05, 4.69) is 15.2 Å². The second kappa shape index (κ2) is 7.28. The first kappa shape index (κ1) is 18.1. The highest BCUT2D eigenvalue weighted by Crippen LogP contribution is 2.33. The number of benzene rings is 1. The van der Waals surface area contributed by atoms with Gasteiger partial charge in [-0.1, -0.05) is 12.1 Å². The van der Waals surface area contributed by atoms with Gasteiger partial charge in [0.1, 0.15) is 16.4 Å². The SMILES string of the molecule is CS(=O)(=O)c1cccc(NC2CCN(c3ccccn3)CC2)c1[N+](=O)[O-]. The van der Waals surface area contributed by atoms with Gasteiger partial charge < -0.3 is 10.2 Å². The molecule has 0 bridgehead atoms. The van der Waals surface area contributed by atoms with Crippen LogP contribution in [0, 0.1) is 10.1 Å². The Balaban J connectivity index is 1.75. The number of piperidine rings is 1. The Hall–Kier alpha value is -2.68. The van der Waals surface area contributed by atoms with E-state index in [1.807, 2.05) is 18.2 Å². The molecular weight excluding hydrogens is 356 g/mol. The molecule has 2 heterocycles. The third-order valence-electron chi connectivity index (χ3n) is 4.41. The number of hydrogen-bond donors (Lipinski definition) is 1. The van der Waals surface area contributed by atoms with Crippen molar-refractivity contribution < 1.29 is 13.3 Å².